The molecule has 0 aliphatic rings. The van der Waals surface area contributed by atoms with Crippen LogP contribution in [0.5, 0.6) is 0 Å². The number of benzene rings is 1. The lowest BCUT2D eigenvalue weighted by molar-refractivity contribution is -0.137. The summed E-state index contributed by atoms with van der Waals surface area (Å²) >= 11 is 0. The molecule has 0 aliphatic heterocycles. The molecule has 0 bridgehead atoms. The van der Waals surface area contributed by atoms with Gasteiger partial charge in [-0.2, -0.15) is 18.3 Å². The molecule has 2 aromatic heterocycles. The van der Waals surface area contributed by atoms with Crippen LogP contribution in [0, 0.1) is 6.92 Å². The summed E-state index contributed by atoms with van der Waals surface area (Å²) in [7, 11) is 0. The number of hydrogen-bond donors (Lipinski definition) is 2. The number of pyridine rings is 1. The molecule has 0 aliphatic carbocycles. The quantitative estimate of drug-likeness (QED) is 0.432. The average Bonchev–Trinajstić information content (AvgIpc) is 3.16. The molecule has 1 unspecified atom stereocenters. The topological polar surface area (TPSA) is 120 Å². The number of nitrogens with two attached hydrogens (primary N) is 1. The zero-order valence-corrected chi connectivity index (χ0v) is 17.8. The van der Waals surface area contributed by atoms with Crippen LogP contribution >= 0.6 is 0 Å². The average molecular weight is 461 g/mol. The van der Waals surface area contributed by atoms with Crippen LogP contribution in [0.2, 0.25) is 0 Å². The van der Waals surface area contributed by atoms with E-state index in [0.29, 0.717) is 12.1 Å². The van der Waals surface area contributed by atoms with Gasteiger partial charge in [-0.05, 0) is 44.0 Å². The first-order chi connectivity index (χ1) is 15.5. The van der Waals surface area contributed by atoms with Gasteiger partial charge < -0.3 is 11.1 Å². The zero-order chi connectivity index (χ0) is 24.6. The van der Waals surface area contributed by atoms with Gasteiger partial charge in [-0.3, -0.25) is 14.4 Å². The number of carbonyl (C=O) groups excluding carboxylic acids is 3. The Hall–Kier alpha value is -4.02. The molecule has 174 valence electrons. The summed E-state index contributed by atoms with van der Waals surface area (Å²) in [6.45, 7) is 3.58. The van der Waals surface area contributed by atoms with Gasteiger partial charge in [-0.25, -0.2) is 9.67 Å². The summed E-state index contributed by atoms with van der Waals surface area (Å²) in [5.41, 5.74) is 5.28. The molecule has 3 aromatic rings. The Morgan fingerprint density at radius 2 is 1.82 bits per heavy atom. The number of amides is 2. The molecular formula is C22H22F3N5O3. The van der Waals surface area contributed by atoms with E-state index >= 15 is 0 Å². The number of aldehydes is 1. The fourth-order valence-corrected chi connectivity index (χ4v) is 2.83. The highest BCUT2D eigenvalue weighted by Gasteiger charge is 2.31. The molecule has 1 aromatic carbocycles. The maximum absolute atomic E-state index is 12.7. The molecule has 0 spiro atoms. The highest BCUT2D eigenvalue weighted by atomic mass is 19.4. The highest BCUT2D eigenvalue weighted by Crippen LogP contribution is 2.28. The van der Waals surface area contributed by atoms with Crippen molar-refractivity contribution in [3.63, 3.8) is 0 Å². The predicted octanol–water partition coefficient (Wildman–Crippen LogP) is 2.63. The molecule has 0 fully saturated rings. The lowest BCUT2D eigenvalue weighted by atomic mass is 10.1. The second kappa shape index (κ2) is 11.0. The van der Waals surface area contributed by atoms with E-state index in [4.69, 9.17) is 4.79 Å². The van der Waals surface area contributed by atoms with Crippen molar-refractivity contribution in [2.45, 2.75) is 32.5 Å². The molecule has 0 radical (unpaired) electrons. The fourth-order valence-electron chi connectivity index (χ4n) is 2.83. The molecule has 8 nitrogen and oxygen atoms in total. The van der Waals surface area contributed by atoms with E-state index < -0.39 is 17.6 Å². The number of hydrogen-bond acceptors (Lipinski definition) is 5. The minimum atomic E-state index is -4.47. The number of primary amides is 1. The van der Waals surface area contributed by atoms with Crippen LogP contribution in [-0.2, 0) is 22.2 Å². The Morgan fingerprint density at radius 1 is 1.18 bits per heavy atom. The molecule has 1 atom stereocenters. The van der Waals surface area contributed by atoms with Gasteiger partial charge in [-0.15, -0.1) is 0 Å². The second-order valence-electron chi connectivity index (χ2n) is 7.07. The summed E-state index contributed by atoms with van der Waals surface area (Å²) in [5.74, 6) is -1.15. The molecule has 0 saturated carbocycles. The Balaban J connectivity index is 0.000000696. The number of aromatic nitrogens is 3. The minimum Gasteiger partial charge on any atom is -0.363 e. The summed E-state index contributed by atoms with van der Waals surface area (Å²) in [6, 6.07) is 13.3. The highest BCUT2D eigenvalue weighted by molar-refractivity contribution is 6.22. The van der Waals surface area contributed by atoms with Crippen LogP contribution in [0.25, 0.3) is 5.82 Å². The standard InChI is InChI=1S/C20H19F3N4O.C2H3NO2/c1-13(10-15-6-4-3-5-7-15)25-19(28)17-11-14(2)26-27(17)18-9-8-16(12-24-18)20(21,22)23;3-2(5)1-4/h3-9,11-13H,10H2,1-2H3,(H,25,28);1H,(H2,3,5). The third-order valence-electron chi connectivity index (χ3n) is 4.23. The summed E-state index contributed by atoms with van der Waals surface area (Å²) < 4.78 is 39.4. The smallest absolute Gasteiger partial charge is 0.363 e. The fraction of sp³-hybridized carbons (Fsp3) is 0.227. The van der Waals surface area contributed by atoms with Crippen LogP contribution < -0.4 is 11.1 Å². The van der Waals surface area contributed by atoms with Crippen LogP contribution in [0.3, 0.4) is 0 Å². The molecule has 3 rings (SSSR count). The zero-order valence-electron chi connectivity index (χ0n) is 17.8. The van der Waals surface area contributed by atoms with Gasteiger partial charge in [-0.1, -0.05) is 30.3 Å². The van der Waals surface area contributed by atoms with E-state index in [1.165, 1.54) is 10.7 Å². The van der Waals surface area contributed by atoms with Gasteiger partial charge >= 0.3 is 6.18 Å². The van der Waals surface area contributed by atoms with Crippen molar-refractivity contribution < 1.29 is 27.6 Å². The first-order valence-electron chi connectivity index (χ1n) is 9.71. The van der Waals surface area contributed by atoms with Crippen molar-refractivity contribution in [3.05, 3.63) is 77.2 Å². The van der Waals surface area contributed by atoms with Crippen molar-refractivity contribution in [2.75, 3.05) is 0 Å². The van der Waals surface area contributed by atoms with Crippen LogP contribution in [0.1, 0.15) is 34.2 Å². The van der Waals surface area contributed by atoms with Crippen molar-refractivity contribution in [2.24, 2.45) is 5.73 Å². The molecule has 11 heteroatoms. The molecule has 0 saturated heterocycles. The largest absolute Gasteiger partial charge is 0.417 e. The first-order valence-corrected chi connectivity index (χ1v) is 9.71. The van der Waals surface area contributed by atoms with Crippen molar-refractivity contribution in [3.8, 4) is 5.82 Å². The minimum absolute atomic E-state index is 0.0556. The Labute approximate surface area is 187 Å². The number of rotatable bonds is 6. The van der Waals surface area contributed by atoms with E-state index in [1.54, 1.807) is 13.0 Å². The van der Waals surface area contributed by atoms with Crippen molar-refractivity contribution in [1.29, 1.82) is 0 Å². The van der Waals surface area contributed by atoms with Gasteiger partial charge in [0.15, 0.2) is 5.82 Å². The third-order valence-corrected chi connectivity index (χ3v) is 4.23. The van der Waals surface area contributed by atoms with E-state index in [0.717, 1.165) is 17.8 Å². The number of nitrogens with zero attached hydrogens (tertiary/aromatic N) is 3. The monoisotopic (exact) mass is 461 g/mol. The maximum Gasteiger partial charge on any atom is 0.417 e. The lowest BCUT2D eigenvalue weighted by Crippen LogP contribution is -2.35. The Bertz CT molecular complexity index is 1100. The number of nitrogens with one attached hydrogen (secondary N) is 1. The summed E-state index contributed by atoms with van der Waals surface area (Å²) in [4.78, 5) is 34.8. The SMILES string of the molecule is Cc1cc(C(=O)NC(C)Cc2ccccc2)n(-c2ccc(C(F)(F)F)cn2)n1.NC(=O)C=O. The third kappa shape index (κ3) is 7.56. The van der Waals surface area contributed by atoms with E-state index in [1.807, 2.05) is 37.3 Å². The lowest BCUT2D eigenvalue weighted by Gasteiger charge is -2.15. The molecule has 2 heterocycles. The maximum atomic E-state index is 12.7. The number of halogens is 3. The summed E-state index contributed by atoms with van der Waals surface area (Å²) in [6.07, 6.45) is -3.04. The number of aryl methyl sites for hydroxylation is 1. The second-order valence-corrected chi connectivity index (χ2v) is 7.07. The van der Waals surface area contributed by atoms with Gasteiger partial charge in [0.05, 0.1) is 11.3 Å². The first kappa shape index (κ1) is 25.2. The predicted molar refractivity (Wildman–Crippen MR) is 113 cm³/mol. The number of alkyl halides is 3. The van der Waals surface area contributed by atoms with Gasteiger partial charge in [0.1, 0.15) is 5.69 Å². The Morgan fingerprint density at radius 3 is 2.33 bits per heavy atom. The van der Waals surface area contributed by atoms with Crippen LogP contribution in [0.15, 0.2) is 54.7 Å². The van der Waals surface area contributed by atoms with Gasteiger partial charge in [0.2, 0.25) is 6.29 Å². The van der Waals surface area contributed by atoms with Gasteiger partial charge in [0.25, 0.3) is 11.8 Å². The molecule has 2 amide bonds. The Kier molecular flexibility index (Phi) is 8.43. The van der Waals surface area contributed by atoms with E-state index in [-0.39, 0.29) is 29.7 Å². The van der Waals surface area contributed by atoms with Crippen molar-refractivity contribution in [1.82, 2.24) is 20.1 Å². The number of carbonyl (C=O) groups is 3. The molecule has 33 heavy (non-hydrogen) atoms. The van der Waals surface area contributed by atoms with E-state index in [2.05, 4.69) is 21.1 Å². The summed E-state index contributed by atoms with van der Waals surface area (Å²) in [5, 5.41) is 7.09. The molecule has 3 N–H and O–H groups in total. The van der Waals surface area contributed by atoms with Gasteiger partial charge in [0, 0.05) is 12.2 Å². The van der Waals surface area contributed by atoms with Crippen LogP contribution in [-0.4, -0.2) is 38.9 Å². The van der Waals surface area contributed by atoms with E-state index in [9.17, 15) is 22.8 Å². The normalized spacial score (nSPS) is 11.7. The van der Waals surface area contributed by atoms with Crippen LogP contribution in [0.4, 0.5) is 13.2 Å². The van der Waals surface area contributed by atoms with Crippen molar-refractivity contribution >= 4 is 18.1 Å². The molecular weight excluding hydrogens is 439 g/mol.